The highest BCUT2D eigenvalue weighted by Crippen LogP contribution is 2.75. The van der Waals surface area contributed by atoms with Crippen LogP contribution in [0.4, 0.5) is 0 Å². The summed E-state index contributed by atoms with van der Waals surface area (Å²) in [5.41, 5.74) is 5.21. The number of aromatic nitrogens is 2. The number of hydrogen-bond donors (Lipinski definition) is 1. The Hall–Kier alpha value is -1.75. The molecule has 0 bridgehead atoms. The molecule has 8 atom stereocenters. The molecule has 238 valence electrons. The Labute approximate surface area is 261 Å². The van der Waals surface area contributed by atoms with E-state index in [0.29, 0.717) is 11.8 Å². The summed E-state index contributed by atoms with van der Waals surface area (Å²) in [6, 6.07) is 0. The van der Waals surface area contributed by atoms with Gasteiger partial charge in [0.2, 0.25) is 0 Å². The van der Waals surface area contributed by atoms with E-state index in [-0.39, 0.29) is 51.7 Å². The van der Waals surface area contributed by atoms with Gasteiger partial charge in [0, 0.05) is 0 Å². The SMILES string of the molecule is Cc1nc(C)c(COC(=O)C23CCC(C)(C)CC2C2=CCC4C5(C)CCC(O)C(C)(C)C5CCC4(C)C2(C)CC3)nc1C. The molecular formula is C38H58N2O3. The highest BCUT2D eigenvalue weighted by Gasteiger charge is 2.69. The van der Waals surface area contributed by atoms with Crippen LogP contribution in [0.3, 0.4) is 0 Å². The van der Waals surface area contributed by atoms with E-state index >= 15 is 0 Å². The Morgan fingerprint density at radius 3 is 2.26 bits per heavy atom. The van der Waals surface area contributed by atoms with Crippen LogP contribution in [0.1, 0.15) is 135 Å². The van der Waals surface area contributed by atoms with Crippen LogP contribution in [0.2, 0.25) is 0 Å². The van der Waals surface area contributed by atoms with Crippen LogP contribution in [-0.4, -0.2) is 27.1 Å². The molecular weight excluding hydrogens is 532 g/mol. The van der Waals surface area contributed by atoms with Crippen molar-refractivity contribution in [2.24, 2.45) is 50.2 Å². The zero-order valence-electron chi connectivity index (χ0n) is 28.8. The summed E-state index contributed by atoms with van der Waals surface area (Å²) in [7, 11) is 0. The molecule has 1 aromatic rings. The lowest BCUT2D eigenvalue weighted by Crippen LogP contribution is -2.65. The molecule has 1 N–H and O–H groups in total. The molecule has 1 aromatic heterocycles. The number of carbonyl (C=O) groups excluding carboxylic acids is 1. The number of aliphatic hydroxyl groups excluding tert-OH is 1. The lowest BCUT2D eigenvalue weighted by atomic mass is 9.33. The first kappa shape index (κ1) is 31.2. The van der Waals surface area contributed by atoms with Gasteiger partial charge in [-0.05, 0) is 130 Å². The van der Waals surface area contributed by atoms with Gasteiger partial charge in [-0.25, -0.2) is 0 Å². The van der Waals surface area contributed by atoms with Crippen LogP contribution < -0.4 is 0 Å². The fourth-order valence-electron chi connectivity index (χ4n) is 11.8. The number of esters is 1. The van der Waals surface area contributed by atoms with Crippen molar-refractivity contribution >= 4 is 5.97 Å². The van der Waals surface area contributed by atoms with Crippen molar-refractivity contribution in [1.82, 2.24) is 9.97 Å². The van der Waals surface area contributed by atoms with Gasteiger partial charge in [0.05, 0.1) is 34.3 Å². The van der Waals surface area contributed by atoms with Crippen LogP contribution in [-0.2, 0) is 16.1 Å². The van der Waals surface area contributed by atoms with E-state index in [1.54, 1.807) is 5.57 Å². The number of aryl methyl sites for hydroxylation is 3. The summed E-state index contributed by atoms with van der Waals surface area (Å²) in [5.74, 6) is 1.36. The van der Waals surface area contributed by atoms with E-state index in [0.717, 1.165) is 74.1 Å². The van der Waals surface area contributed by atoms with Crippen molar-refractivity contribution in [2.45, 2.75) is 146 Å². The molecule has 0 aliphatic heterocycles. The summed E-state index contributed by atoms with van der Waals surface area (Å²) < 4.78 is 6.24. The maximum absolute atomic E-state index is 14.4. The molecule has 4 fully saturated rings. The molecule has 6 rings (SSSR count). The molecule has 0 saturated heterocycles. The molecule has 43 heavy (non-hydrogen) atoms. The van der Waals surface area contributed by atoms with Gasteiger partial charge in [-0.1, -0.05) is 60.1 Å². The topological polar surface area (TPSA) is 72.3 Å². The predicted molar refractivity (Wildman–Crippen MR) is 171 cm³/mol. The first-order valence-corrected chi connectivity index (χ1v) is 17.3. The van der Waals surface area contributed by atoms with Crippen LogP contribution in [0, 0.1) is 71.0 Å². The number of allylic oxidation sites excluding steroid dienone is 2. The van der Waals surface area contributed by atoms with Gasteiger partial charge in [-0.15, -0.1) is 0 Å². The number of nitrogens with zero attached hydrogens (tertiary/aromatic N) is 2. The largest absolute Gasteiger partial charge is 0.459 e. The predicted octanol–water partition coefficient (Wildman–Crippen LogP) is 8.61. The third-order valence-corrected chi connectivity index (χ3v) is 14.9. The summed E-state index contributed by atoms with van der Waals surface area (Å²) in [4.78, 5) is 23.7. The van der Waals surface area contributed by atoms with Crippen molar-refractivity contribution in [3.05, 3.63) is 34.4 Å². The van der Waals surface area contributed by atoms with E-state index in [2.05, 4.69) is 59.5 Å². The molecule has 5 aliphatic rings. The number of hydrogen-bond acceptors (Lipinski definition) is 5. The zero-order valence-corrected chi connectivity index (χ0v) is 28.8. The lowest BCUT2D eigenvalue weighted by Gasteiger charge is -2.71. The Kier molecular flexibility index (Phi) is 7.17. The minimum Gasteiger partial charge on any atom is -0.459 e. The summed E-state index contributed by atoms with van der Waals surface area (Å²) in [6.07, 6.45) is 12.9. The van der Waals surface area contributed by atoms with Gasteiger partial charge in [-0.2, -0.15) is 0 Å². The van der Waals surface area contributed by atoms with Crippen molar-refractivity contribution in [1.29, 1.82) is 0 Å². The molecule has 0 aromatic carbocycles. The second kappa shape index (κ2) is 9.87. The lowest BCUT2D eigenvalue weighted by molar-refractivity contribution is -0.206. The molecule has 0 amide bonds. The third kappa shape index (κ3) is 4.36. The van der Waals surface area contributed by atoms with E-state index in [9.17, 15) is 9.90 Å². The fraction of sp³-hybridized carbons (Fsp3) is 0.816. The molecule has 0 spiro atoms. The minimum atomic E-state index is -0.455. The number of carbonyl (C=O) groups is 1. The third-order valence-electron chi connectivity index (χ3n) is 14.9. The first-order valence-electron chi connectivity index (χ1n) is 17.3. The quantitative estimate of drug-likeness (QED) is 0.282. The summed E-state index contributed by atoms with van der Waals surface area (Å²) >= 11 is 0. The molecule has 5 nitrogen and oxygen atoms in total. The molecule has 8 unspecified atom stereocenters. The molecule has 1 heterocycles. The van der Waals surface area contributed by atoms with Crippen molar-refractivity contribution in [3.63, 3.8) is 0 Å². The molecule has 5 heteroatoms. The number of ether oxygens (including phenoxy) is 1. The van der Waals surface area contributed by atoms with Crippen LogP contribution in [0.15, 0.2) is 11.6 Å². The van der Waals surface area contributed by atoms with Crippen LogP contribution >= 0.6 is 0 Å². The number of fused-ring (bicyclic) bond motifs is 7. The second-order valence-corrected chi connectivity index (χ2v) is 17.7. The number of rotatable bonds is 3. The van der Waals surface area contributed by atoms with E-state index in [4.69, 9.17) is 9.72 Å². The molecule has 4 saturated carbocycles. The van der Waals surface area contributed by atoms with Gasteiger partial charge < -0.3 is 9.84 Å². The van der Waals surface area contributed by atoms with Crippen LogP contribution in [0.25, 0.3) is 0 Å². The Morgan fingerprint density at radius 2 is 1.53 bits per heavy atom. The Morgan fingerprint density at radius 1 is 0.860 bits per heavy atom. The average molecular weight is 591 g/mol. The van der Waals surface area contributed by atoms with Crippen molar-refractivity contribution < 1.29 is 14.6 Å². The first-order chi connectivity index (χ1) is 19.9. The normalized spacial score (nSPS) is 42.9. The monoisotopic (exact) mass is 590 g/mol. The van der Waals surface area contributed by atoms with E-state index in [1.807, 2.05) is 20.8 Å². The van der Waals surface area contributed by atoms with Gasteiger partial charge in [0.25, 0.3) is 0 Å². The maximum Gasteiger partial charge on any atom is 0.313 e. The second-order valence-electron chi connectivity index (χ2n) is 17.7. The zero-order chi connectivity index (χ0) is 31.4. The van der Waals surface area contributed by atoms with Gasteiger partial charge in [-0.3, -0.25) is 14.8 Å². The smallest absolute Gasteiger partial charge is 0.313 e. The maximum atomic E-state index is 14.4. The summed E-state index contributed by atoms with van der Waals surface area (Å²) in [5, 5.41) is 11.0. The number of aliphatic hydroxyl groups is 1. The Bertz CT molecular complexity index is 1350. The van der Waals surface area contributed by atoms with Gasteiger partial charge >= 0.3 is 5.97 Å². The highest BCUT2D eigenvalue weighted by atomic mass is 16.5. The molecule has 5 aliphatic carbocycles. The van der Waals surface area contributed by atoms with E-state index < -0.39 is 5.41 Å². The standard InChI is InChI=1S/C38H58N2O3/c1-23-24(2)40-28(25(3)39-23)22-43-32(42)38-19-17-33(4,5)21-27(38)26-11-12-30-35(8)15-14-31(41)34(6,7)29(35)13-16-37(30,10)36(26,9)18-20-38/h11,27,29-31,41H,12-22H2,1-10H3. The van der Waals surface area contributed by atoms with Gasteiger partial charge in [0.15, 0.2) is 0 Å². The Balaban J connectivity index is 1.35. The highest BCUT2D eigenvalue weighted by molar-refractivity contribution is 5.78. The molecule has 0 radical (unpaired) electrons. The fourth-order valence-corrected chi connectivity index (χ4v) is 11.8. The van der Waals surface area contributed by atoms with Crippen molar-refractivity contribution in [3.8, 4) is 0 Å². The summed E-state index contributed by atoms with van der Waals surface area (Å²) in [6.45, 7) is 23.3. The minimum absolute atomic E-state index is 0.0126. The van der Waals surface area contributed by atoms with Crippen LogP contribution in [0.5, 0.6) is 0 Å². The van der Waals surface area contributed by atoms with Gasteiger partial charge in [0.1, 0.15) is 6.61 Å². The van der Waals surface area contributed by atoms with Crippen molar-refractivity contribution in [2.75, 3.05) is 0 Å². The van der Waals surface area contributed by atoms with E-state index in [1.165, 1.54) is 12.8 Å². The average Bonchev–Trinajstić information content (AvgIpc) is 2.92.